The molecule has 1 fully saturated rings. The fraction of sp³-hybridized carbons (Fsp3) is 0.538. The molecular weight excluding hydrogens is 299 g/mol. The zero-order valence-corrected chi connectivity index (χ0v) is 12.8. The van der Waals surface area contributed by atoms with Gasteiger partial charge in [-0.15, -0.1) is 0 Å². The van der Waals surface area contributed by atoms with Crippen molar-refractivity contribution < 1.29 is 22.4 Å². The highest BCUT2D eigenvalue weighted by Crippen LogP contribution is 2.33. The Balaban J connectivity index is 2.20. The topological polar surface area (TPSA) is 67.9 Å². The van der Waals surface area contributed by atoms with Gasteiger partial charge < -0.3 is 4.74 Å². The van der Waals surface area contributed by atoms with Gasteiger partial charge in [0.15, 0.2) is 0 Å². The van der Waals surface area contributed by atoms with E-state index in [2.05, 4.69) is 4.72 Å². The van der Waals surface area contributed by atoms with Crippen molar-refractivity contribution in [3.8, 4) is 0 Å². The molecule has 1 aromatic rings. The Hall–Kier alpha value is -1.06. The van der Waals surface area contributed by atoms with E-state index in [4.69, 9.17) is 9.57 Å². The summed E-state index contributed by atoms with van der Waals surface area (Å²) in [7, 11) is -0.396. The Labute approximate surface area is 123 Å². The summed E-state index contributed by atoms with van der Waals surface area (Å²) in [5, 5.41) is 0.734. The standard InChI is InChI=1S/C13H19FN2O4S/c1-16-13(10-3-5-11(14)6-4-10)12(9-20-16)21(17,18)15-7-8-19-2/h3-6,12-13,15H,7-9H2,1-2H3. The van der Waals surface area contributed by atoms with Gasteiger partial charge in [-0.1, -0.05) is 12.1 Å². The van der Waals surface area contributed by atoms with Crippen molar-refractivity contribution in [2.75, 3.05) is 33.9 Å². The highest BCUT2D eigenvalue weighted by atomic mass is 32.2. The van der Waals surface area contributed by atoms with Crippen LogP contribution in [0.15, 0.2) is 24.3 Å². The van der Waals surface area contributed by atoms with Gasteiger partial charge in [-0.3, -0.25) is 4.84 Å². The lowest BCUT2D eigenvalue weighted by Gasteiger charge is -2.23. The van der Waals surface area contributed by atoms with Crippen LogP contribution >= 0.6 is 0 Å². The lowest BCUT2D eigenvalue weighted by atomic mass is 10.0. The van der Waals surface area contributed by atoms with Gasteiger partial charge in [0.2, 0.25) is 10.0 Å². The first-order valence-corrected chi connectivity index (χ1v) is 8.09. The van der Waals surface area contributed by atoms with Crippen LogP contribution in [0, 0.1) is 5.82 Å². The molecule has 0 spiro atoms. The molecule has 0 saturated carbocycles. The summed E-state index contributed by atoms with van der Waals surface area (Å²) in [6.45, 7) is 0.555. The van der Waals surface area contributed by atoms with Gasteiger partial charge in [0.1, 0.15) is 11.1 Å². The smallest absolute Gasteiger partial charge is 0.218 e. The molecule has 21 heavy (non-hydrogen) atoms. The number of ether oxygens (including phenoxy) is 1. The van der Waals surface area contributed by atoms with Gasteiger partial charge in [-0.2, -0.15) is 5.06 Å². The number of sulfonamides is 1. The number of nitrogens with one attached hydrogen (secondary N) is 1. The molecule has 2 unspecified atom stereocenters. The molecule has 118 valence electrons. The fourth-order valence-corrected chi connectivity index (χ4v) is 3.82. The summed E-state index contributed by atoms with van der Waals surface area (Å²) in [6, 6.07) is 5.28. The van der Waals surface area contributed by atoms with Crippen molar-refractivity contribution >= 4 is 10.0 Å². The average molecular weight is 318 g/mol. The molecular formula is C13H19FN2O4S. The largest absolute Gasteiger partial charge is 0.383 e. The fourth-order valence-electron chi connectivity index (χ4n) is 2.33. The molecule has 0 aliphatic carbocycles. The van der Waals surface area contributed by atoms with Crippen molar-refractivity contribution in [1.29, 1.82) is 0 Å². The van der Waals surface area contributed by atoms with Gasteiger partial charge in [0.05, 0.1) is 19.3 Å². The van der Waals surface area contributed by atoms with Gasteiger partial charge in [-0.05, 0) is 17.7 Å². The number of nitrogens with zero attached hydrogens (tertiary/aromatic N) is 1. The van der Waals surface area contributed by atoms with Crippen LogP contribution in [0.1, 0.15) is 11.6 Å². The van der Waals surface area contributed by atoms with Crippen molar-refractivity contribution in [3.63, 3.8) is 0 Å². The zero-order valence-electron chi connectivity index (χ0n) is 12.0. The SMILES string of the molecule is COCCNS(=O)(=O)C1CON(C)C1c1ccc(F)cc1. The molecule has 8 heteroatoms. The van der Waals surface area contributed by atoms with E-state index in [1.807, 2.05) is 0 Å². The van der Waals surface area contributed by atoms with Crippen LogP contribution in [0.5, 0.6) is 0 Å². The summed E-state index contributed by atoms with van der Waals surface area (Å²) in [4.78, 5) is 5.34. The minimum atomic E-state index is -3.56. The molecule has 0 amide bonds. The van der Waals surface area contributed by atoms with Crippen LogP contribution in [0.2, 0.25) is 0 Å². The van der Waals surface area contributed by atoms with E-state index in [1.54, 1.807) is 19.2 Å². The number of hydroxylamine groups is 2. The van der Waals surface area contributed by atoms with Crippen molar-refractivity contribution in [3.05, 3.63) is 35.6 Å². The monoisotopic (exact) mass is 318 g/mol. The van der Waals surface area contributed by atoms with Gasteiger partial charge in [-0.25, -0.2) is 17.5 Å². The molecule has 0 aromatic heterocycles. The number of benzene rings is 1. The van der Waals surface area contributed by atoms with Crippen LogP contribution in [-0.4, -0.2) is 52.6 Å². The van der Waals surface area contributed by atoms with Crippen LogP contribution in [0.4, 0.5) is 4.39 Å². The lowest BCUT2D eigenvalue weighted by Crippen LogP contribution is -2.40. The van der Waals surface area contributed by atoms with Crippen LogP contribution < -0.4 is 4.72 Å². The van der Waals surface area contributed by atoms with Gasteiger partial charge in [0.25, 0.3) is 0 Å². The number of rotatable bonds is 6. The number of halogens is 1. The van der Waals surface area contributed by atoms with Crippen LogP contribution in [-0.2, 0) is 19.6 Å². The van der Waals surface area contributed by atoms with E-state index in [0.29, 0.717) is 12.2 Å². The second-order valence-corrected chi connectivity index (χ2v) is 6.79. The van der Waals surface area contributed by atoms with Crippen molar-refractivity contribution in [2.45, 2.75) is 11.3 Å². The Kier molecular flexibility index (Phi) is 5.28. The lowest BCUT2D eigenvalue weighted by molar-refractivity contribution is -0.110. The molecule has 1 aliphatic rings. The number of hydrogen-bond acceptors (Lipinski definition) is 5. The molecule has 1 aliphatic heterocycles. The summed E-state index contributed by atoms with van der Waals surface area (Å²) >= 11 is 0. The zero-order chi connectivity index (χ0) is 15.5. The van der Waals surface area contributed by atoms with E-state index >= 15 is 0 Å². The summed E-state index contributed by atoms with van der Waals surface area (Å²) in [5.74, 6) is -0.363. The molecule has 0 radical (unpaired) electrons. The third-order valence-corrected chi connectivity index (χ3v) is 5.20. The Morgan fingerprint density at radius 2 is 2.10 bits per heavy atom. The molecule has 2 atom stereocenters. The van der Waals surface area contributed by atoms with Gasteiger partial charge >= 0.3 is 0 Å². The Bertz CT molecular complexity index is 564. The molecule has 1 saturated heterocycles. The predicted octanol–water partition coefficient (Wildman–Crippen LogP) is 0.678. The van der Waals surface area contributed by atoms with E-state index in [-0.39, 0.29) is 19.0 Å². The van der Waals surface area contributed by atoms with Crippen LogP contribution in [0.3, 0.4) is 0 Å². The van der Waals surface area contributed by atoms with E-state index in [9.17, 15) is 12.8 Å². The molecule has 1 heterocycles. The number of hydrogen-bond donors (Lipinski definition) is 1. The van der Waals surface area contributed by atoms with E-state index in [0.717, 1.165) is 0 Å². The molecule has 6 nitrogen and oxygen atoms in total. The molecule has 1 N–H and O–H groups in total. The first-order valence-electron chi connectivity index (χ1n) is 6.54. The first-order chi connectivity index (χ1) is 9.95. The molecule has 1 aromatic carbocycles. The highest BCUT2D eigenvalue weighted by molar-refractivity contribution is 7.90. The van der Waals surface area contributed by atoms with Crippen molar-refractivity contribution in [2.24, 2.45) is 0 Å². The Morgan fingerprint density at radius 3 is 2.71 bits per heavy atom. The average Bonchev–Trinajstić information content (AvgIpc) is 2.83. The minimum absolute atomic E-state index is 0.0564. The first kappa shape index (κ1) is 16.3. The highest BCUT2D eigenvalue weighted by Gasteiger charge is 2.42. The molecule has 0 bridgehead atoms. The Morgan fingerprint density at radius 1 is 1.43 bits per heavy atom. The second kappa shape index (κ2) is 6.80. The second-order valence-electron chi connectivity index (χ2n) is 4.81. The van der Waals surface area contributed by atoms with Crippen molar-refractivity contribution in [1.82, 2.24) is 9.79 Å². The maximum atomic E-state index is 13.0. The van der Waals surface area contributed by atoms with Crippen LogP contribution in [0.25, 0.3) is 0 Å². The number of methoxy groups -OCH3 is 1. The maximum absolute atomic E-state index is 13.0. The summed E-state index contributed by atoms with van der Waals surface area (Å²) < 4.78 is 45.1. The summed E-state index contributed by atoms with van der Waals surface area (Å²) in [5.41, 5.74) is 0.693. The minimum Gasteiger partial charge on any atom is -0.383 e. The third kappa shape index (κ3) is 3.78. The van der Waals surface area contributed by atoms with E-state index in [1.165, 1.54) is 24.3 Å². The molecule has 2 rings (SSSR count). The maximum Gasteiger partial charge on any atom is 0.218 e. The predicted molar refractivity (Wildman–Crippen MR) is 75.4 cm³/mol. The summed E-state index contributed by atoms with van der Waals surface area (Å²) in [6.07, 6.45) is 0. The quantitative estimate of drug-likeness (QED) is 0.781. The normalized spacial score (nSPS) is 23.6. The van der Waals surface area contributed by atoms with Gasteiger partial charge in [0, 0.05) is 20.7 Å². The van der Waals surface area contributed by atoms with E-state index < -0.39 is 21.3 Å². The third-order valence-electron chi connectivity index (χ3n) is 3.41.